The molecule has 0 fully saturated rings. The van der Waals surface area contributed by atoms with E-state index in [2.05, 4.69) is 20.9 Å². The standard InChI is InChI=1S/C36H53N5O8S/c1-8-48-31(42)21-26(35(45)49-9-2)16-13-17-30-37-22-27(41(30)5)23-38-32(24(3)4)34(44)40-29(20-25-14-11-10-12-15-25)33(43)39-28(18-19-50-7)36(46)47-6/h10-15,17,22,24,26,28-29,32,38H,8-9,16,18-21,23H2,1-7H3,(H,39,43)(H,40,44)/b17-13+/t26-,28+,29+,32+/m1/s1. The number of carbonyl (C=O) groups excluding carboxylic acids is 5. The summed E-state index contributed by atoms with van der Waals surface area (Å²) in [6.07, 6.45) is 7.95. The molecule has 2 amide bonds. The van der Waals surface area contributed by atoms with Gasteiger partial charge in [0.1, 0.15) is 17.9 Å². The van der Waals surface area contributed by atoms with Gasteiger partial charge in [-0.25, -0.2) is 9.78 Å². The van der Waals surface area contributed by atoms with Crippen LogP contribution in [-0.2, 0) is 58.2 Å². The Hall–Kier alpha value is -4.17. The normalized spacial score (nSPS) is 13.7. The summed E-state index contributed by atoms with van der Waals surface area (Å²) in [6, 6.07) is 6.92. The molecule has 1 aromatic carbocycles. The highest BCUT2D eigenvalue weighted by atomic mass is 32.2. The van der Waals surface area contributed by atoms with E-state index in [9.17, 15) is 24.0 Å². The average Bonchev–Trinajstić information content (AvgIpc) is 3.44. The van der Waals surface area contributed by atoms with Gasteiger partial charge in [0, 0.05) is 20.0 Å². The van der Waals surface area contributed by atoms with Crippen molar-refractivity contribution in [3.8, 4) is 0 Å². The van der Waals surface area contributed by atoms with Crippen molar-refractivity contribution in [2.24, 2.45) is 18.9 Å². The summed E-state index contributed by atoms with van der Waals surface area (Å²) in [5.74, 6) is -1.85. The average molecular weight is 716 g/mol. The summed E-state index contributed by atoms with van der Waals surface area (Å²) >= 11 is 1.55. The minimum Gasteiger partial charge on any atom is -0.467 e. The molecular formula is C36H53N5O8S. The molecule has 0 saturated carbocycles. The second-order valence-corrected chi connectivity index (χ2v) is 13.0. The molecule has 0 radical (unpaired) electrons. The minimum absolute atomic E-state index is 0.0802. The van der Waals surface area contributed by atoms with Crippen LogP contribution in [0.1, 0.15) is 64.0 Å². The molecule has 14 heteroatoms. The zero-order valence-corrected chi connectivity index (χ0v) is 31.0. The molecule has 0 aliphatic carbocycles. The van der Waals surface area contributed by atoms with Crippen molar-refractivity contribution in [3.63, 3.8) is 0 Å². The van der Waals surface area contributed by atoms with Crippen LogP contribution >= 0.6 is 11.8 Å². The Kier molecular flexibility index (Phi) is 18.9. The van der Waals surface area contributed by atoms with Gasteiger partial charge in [0.25, 0.3) is 0 Å². The van der Waals surface area contributed by atoms with Gasteiger partial charge in [-0.2, -0.15) is 11.8 Å². The van der Waals surface area contributed by atoms with Crippen molar-refractivity contribution in [1.82, 2.24) is 25.5 Å². The largest absolute Gasteiger partial charge is 0.467 e. The first-order valence-electron chi connectivity index (χ1n) is 16.9. The van der Waals surface area contributed by atoms with Crippen LogP contribution in [0, 0.1) is 11.8 Å². The van der Waals surface area contributed by atoms with Gasteiger partial charge in [-0.3, -0.25) is 24.5 Å². The van der Waals surface area contributed by atoms with Gasteiger partial charge in [0.2, 0.25) is 11.8 Å². The first-order valence-corrected chi connectivity index (χ1v) is 18.3. The molecule has 0 saturated heterocycles. The highest BCUT2D eigenvalue weighted by Crippen LogP contribution is 2.16. The van der Waals surface area contributed by atoms with Crippen molar-refractivity contribution in [3.05, 3.63) is 59.7 Å². The Bertz CT molecular complexity index is 1410. The molecule has 0 aliphatic rings. The quantitative estimate of drug-likeness (QED) is 0.121. The monoisotopic (exact) mass is 715 g/mol. The van der Waals surface area contributed by atoms with E-state index in [1.54, 1.807) is 44.0 Å². The molecule has 0 aliphatic heterocycles. The number of methoxy groups -OCH3 is 1. The lowest BCUT2D eigenvalue weighted by Crippen LogP contribution is -2.57. The molecule has 50 heavy (non-hydrogen) atoms. The van der Waals surface area contributed by atoms with Crippen molar-refractivity contribution < 1.29 is 38.2 Å². The number of nitrogens with zero attached hydrogens (tertiary/aromatic N) is 2. The molecule has 0 unspecified atom stereocenters. The first kappa shape index (κ1) is 42.0. The fraction of sp³-hybridized carbons (Fsp3) is 0.556. The van der Waals surface area contributed by atoms with Gasteiger partial charge in [-0.15, -0.1) is 0 Å². The van der Waals surface area contributed by atoms with Gasteiger partial charge in [-0.05, 0) is 56.3 Å². The Morgan fingerprint density at radius 1 is 0.960 bits per heavy atom. The number of imidazole rings is 1. The maximum absolute atomic E-state index is 13.7. The molecule has 13 nitrogen and oxygen atoms in total. The molecule has 0 spiro atoms. The zero-order valence-electron chi connectivity index (χ0n) is 30.2. The molecule has 2 aromatic rings. The third kappa shape index (κ3) is 14.0. The summed E-state index contributed by atoms with van der Waals surface area (Å²) in [4.78, 5) is 68.6. The van der Waals surface area contributed by atoms with E-state index in [1.807, 2.05) is 62.0 Å². The molecule has 1 heterocycles. The van der Waals surface area contributed by atoms with E-state index >= 15 is 0 Å². The van der Waals surface area contributed by atoms with Crippen LogP contribution < -0.4 is 16.0 Å². The summed E-state index contributed by atoms with van der Waals surface area (Å²) in [6.45, 7) is 7.98. The van der Waals surface area contributed by atoms with Crippen molar-refractivity contribution in [2.75, 3.05) is 32.3 Å². The Balaban J connectivity index is 2.16. The van der Waals surface area contributed by atoms with Crippen LogP contribution in [0.4, 0.5) is 0 Å². The second-order valence-electron chi connectivity index (χ2n) is 12.0. The number of hydrogen-bond acceptors (Lipinski definition) is 11. The van der Waals surface area contributed by atoms with Crippen LogP contribution in [0.25, 0.3) is 6.08 Å². The SMILES string of the molecule is CCOC(=O)C[C@@H](C/C=C/c1ncc(CN[C@H](C(=O)N[C@@H](Cc2ccccc2)C(=O)N[C@@H](CCSC)C(=O)OC)C(C)C)n1C)C(=O)OCC. The first-order chi connectivity index (χ1) is 23.9. The van der Waals surface area contributed by atoms with Gasteiger partial charge < -0.3 is 29.4 Å². The number of rotatable bonds is 22. The van der Waals surface area contributed by atoms with E-state index in [0.29, 0.717) is 24.5 Å². The molecule has 276 valence electrons. The fourth-order valence-corrected chi connectivity index (χ4v) is 5.60. The van der Waals surface area contributed by atoms with Gasteiger partial charge >= 0.3 is 17.9 Å². The lowest BCUT2D eigenvalue weighted by atomic mass is 10.0. The van der Waals surface area contributed by atoms with Crippen LogP contribution in [-0.4, -0.2) is 89.7 Å². The second kappa shape index (κ2) is 22.5. The van der Waals surface area contributed by atoms with E-state index in [4.69, 9.17) is 14.2 Å². The summed E-state index contributed by atoms with van der Waals surface area (Å²) in [5.41, 5.74) is 1.65. The van der Waals surface area contributed by atoms with E-state index in [1.165, 1.54) is 7.11 Å². The number of amides is 2. The number of nitrogens with one attached hydrogen (secondary N) is 3. The van der Waals surface area contributed by atoms with E-state index in [-0.39, 0.29) is 44.3 Å². The lowest BCUT2D eigenvalue weighted by Gasteiger charge is -2.26. The number of ether oxygens (including phenoxy) is 3. The molecule has 0 bridgehead atoms. The predicted octanol–water partition coefficient (Wildman–Crippen LogP) is 3.21. The number of aromatic nitrogens is 2. The lowest BCUT2D eigenvalue weighted by molar-refractivity contribution is -0.154. The van der Waals surface area contributed by atoms with E-state index < -0.39 is 47.9 Å². The minimum atomic E-state index is -0.940. The number of hydrogen-bond donors (Lipinski definition) is 3. The maximum atomic E-state index is 13.7. The highest BCUT2D eigenvalue weighted by molar-refractivity contribution is 7.98. The Labute approximate surface area is 299 Å². The summed E-state index contributed by atoms with van der Waals surface area (Å²) in [7, 11) is 3.12. The maximum Gasteiger partial charge on any atom is 0.328 e. The van der Waals surface area contributed by atoms with Crippen molar-refractivity contribution in [2.45, 2.75) is 78.0 Å². The molecule has 4 atom stereocenters. The topological polar surface area (TPSA) is 167 Å². The number of allylic oxidation sites excluding steroid dienone is 1. The van der Waals surface area contributed by atoms with Gasteiger partial charge in [0.05, 0.1) is 50.6 Å². The van der Waals surface area contributed by atoms with Crippen molar-refractivity contribution >= 4 is 47.6 Å². The van der Waals surface area contributed by atoms with Crippen molar-refractivity contribution in [1.29, 1.82) is 0 Å². The Morgan fingerprint density at radius 2 is 1.64 bits per heavy atom. The number of esters is 3. The third-order valence-electron chi connectivity index (χ3n) is 7.93. The highest BCUT2D eigenvalue weighted by Gasteiger charge is 2.31. The van der Waals surface area contributed by atoms with E-state index in [0.717, 1.165) is 11.3 Å². The molecule has 3 N–H and O–H groups in total. The number of thioether (sulfide) groups is 1. The number of carbonyl (C=O) groups is 5. The smallest absolute Gasteiger partial charge is 0.328 e. The van der Waals surface area contributed by atoms with Crippen LogP contribution in [0.5, 0.6) is 0 Å². The van der Waals surface area contributed by atoms with Gasteiger partial charge in [0.15, 0.2) is 0 Å². The van der Waals surface area contributed by atoms with Crippen LogP contribution in [0.2, 0.25) is 0 Å². The number of benzene rings is 1. The molecule has 2 rings (SSSR count). The summed E-state index contributed by atoms with van der Waals surface area (Å²) in [5, 5.41) is 9.02. The molecule has 1 aromatic heterocycles. The van der Waals surface area contributed by atoms with Crippen LogP contribution in [0.15, 0.2) is 42.6 Å². The Morgan fingerprint density at radius 3 is 2.26 bits per heavy atom. The summed E-state index contributed by atoms with van der Waals surface area (Å²) < 4.78 is 16.9. The zero-order chi connectivity index (χ0) is 37.1. The van der Waals surface area contributed by atoms with Gasteiger partial charge in [-0.1, -0.05) is 50.3 Å². The predicted molar refractivity (Wildman–Crippen MR) is 193 cm³/mol. The molecular weight excluding hydrogens is 662 g/mol. The third-order valence-corrected chi connectivity index (χ3v) is 8.57. The van der Waals surface area contributed by atoms with Crippen LogP contribution in [0.3, 0.4) is 0 Å². The fourth-order valence-electron chi connectivity index (χ4n) is 5.13.